The van der Waals surface area contributed by atoms with Gasteiger partial charge in [0.05, 0.1) is 7.11 Å². The molecule has 1 N–H and O–H groups in total. The smallest absolute Gasteiger partial charge is 0.311 e. The van der Waals surface area contributed by atoms with Crippen LogP contribution in [0.2, 0.25) is 0 Å². The summed E-state index contributed by atoms with van der Waals surface area (Å²) in [6.07, 6.45) is -0.183. The Morgan fingerprint density at radius 3 is 2.57 bits per heavy atom. The minimum Gasteiger partial charge on any atom is -0.481 e. The molecular weight excluding hydrogens is 184 g/mol. The number of aryl methyl sites for hydroxylation is 1. The Balaban J connectivity index is 3.09. The van der Waals surface area contributed by atoms with Gasteiger partial charge in [0.2, 0.25) is 5.88 Å². The second-order valence-electron chi connectivity index (χ2n) is 2.93. The molecule has 0 bridgehead atoms. The average molecular weight is 196 g/mol. The number of nitrogens with zero attached hydrogens (tertiary/aromatic N) is 2. The van der Waals surface area contributed by atoms with E-state index in [0.29, 0.717) is 5.88 Å². The number of aliphatic carboxylic acids is 1. The van der Waals surface area contributed by atoms with E-state index in [1.807, 2.05) is 6.92 Å². The van der Waals surface area contributed by atoms with E-state index in [1.54, 1.807) is 6.92 Å². The van der Waals surface area contributed by atoms with Crippen molar-refractivity contribution in [1.29, 1.82) is 0 Å². The van der Waals surface area contributed by atoms with Gasteiger partial charge in [0.1, 0.15) is 12.2 Å². The van der Waals surface area contributed by atoms with Crippen molar-refractivity contribution in [2.75, 3.05) is 7.11 Å². The van der Waals surface area contributed by atoms with Crippen molar-refractivity contribution in [2.24, 2.45) is 0 Å². The highest BCUT2D eigenvalue weighted by Crippen LogP contribution is 2.16. The van der Waals surface area contributed by atoms with E-state index in [4.69, 9.17) is 9.84 Å². The number of carboxylic acid groups (broad SMARTS) is 1. The van der Waals surface area contributed by atoms with Crippen LogP contribution in [0, 0.1) is 13.8 Å². The van der Waals surface area contributed by atoms with Gasteiger partial charge in [-0.2, -0.15) is 4.98 Å². The highest BCUT2D eigenvalue weighted by Gasteiger charge is 2.10. The second kappa shape index (κ2) is 4.04. The molecule has 1 aromatic heterocycles. The fourth-order valence-electron chi connectivity index (χ4n) is 1.07. The fourth-order valence-corrected chi connectivity index (χ4v) is 1.07. The van der Waals surface area contributed by atoms with Crippen LogP contribution in [0.4, 0.5) is 0 Å². The normalized spacial score (nSPS) is 9.93. The highest BCUT2D eigenvalue weighted by molar-refractivity contribution is 5.69. The summed E-state index contributed by atoms with van der Waals surface area (Å²) in [6, 6.07) is 0. The molecule has 0 aromatic carbocycles. The third-order valence-corrected chi connectivity index (χ3v) is 1.89. The molecule has 0 saturated carbocycles. The number of ether oxygens (including phenoxy) is 1. The largest absolute Gasteiger partial charge is 0.481 e. The first kappa shape index (κ1) is 10.4. The van der Waals surface area contributed by atoms with E-state index in [2.05, 4.69) is 9.97 Å². The zero-order chi connectivity index (χ0) is 10.7. The molecule has 1 rings (SSSR count). The van der Waals surface area contributed by atoms with Gasteiger partial charge in [-0.25, -0.2) is 4.98 Å². The number of carboxylic acids is 1. The van der Waals surface area contributed by atoms with Gasteiger partial charge in [-0.05, 0) is 13.8 Å². The van der Waals surface area contributed by atoms with Crippen LogP contribution in [-0.4, -0.2) is 28.2 Å². The van der Waals surface area contributed by atoms with Gasteiger partial charge >= 0.3 is 5.97 Å². The van der Waals surface area contributed by atoms with Crippen LogP contribution in [0.25, 0.3) is 0 Å². The van der Waals surface area contributed by atoms with Crippen molar-refractivity contribution in [3.8, 4) is 5.88 Å². The Labute approximate surface area is 81.8 Å². The lowest BCUT2D eigenvalue weighted by Crippen LogP contribution is -2.08. The summed E-state index contributed by atoms with van der Waals surface area (Å²) in [4.78, 5) is 18.5. The third kappa shape index (κ3) is 2.18. The Bertz CT molecular complexity index is 363. The first-order chi connectivity index (χ1) is 6.54. The van der Waals surface area contributed by atoms with E-state index in [9.17, 15) is 4.79 Å². The number of rotatable bonds is 3. The summed E-state index contributed by atoms with van der Waals surface area (Å²) in [7, 11) is 1.50. The van der Waals surface area contributed by atoms with Crippen LogP contribution >= 0.6 is 0 Å². The third-order valence-electron chi connectivity index (χ3n) is 1.89. The van der Waals surface area contributed by atoms with Gasteiger partial charge in [-0.1, -0.05) is 0 Å². The van der Waals surface area contributed by atoms with Gasteiger partial charge in [0, 0.05) is 11.3 Å². The zero-order valence-electron chi connectivity index (χ0n) is 8.37. The van der Waals surface area contributed by atoms with Crippen LogP contribution in [0.3, 0.4) is 0 Å². The Morgan fingerprint density at radius 1 is 1.43 bits per heavy atom. The van der Waals surface area contributed by atoms with E-state index in [-0.39, 0.29) is 12.2 Å². The van der Waals surface area contributed by atoms with Crippen molar-refractivity contribution in [3.63, 3.8) is 0 Å². The van der Waals surface area contributed by atoms with Gasteiger partial charge in [0.25, 0.3) is 0 Å². The molecule has 0 spiro atoms. The molecule has 5 nitrogen and oxygen atoms in total. The lowest BCUT2D eigenvalue weighted by molar-refractivity contribution is -0.136. The second-order valence-corrected chi connectivity index (χ2v) is 2.93. The van der Waals surface area contributed by atoms with Gasteiger partial charge in [0.15, 0.2) is 0 Å². The lowest BCUT2D eigenvalue weighted by Gasteiger charge is -2.07. The quantitative estimate of drug-likeness (QED) is 0.771. The van der Waals surface area contributed by atoms with E-state index >= 15 is 0 Å². The average Bonchev–Trinajstić information content (AvgIpc) is 2.10. The number of methoxy groups -OCH3 is 1. The molecule has 1 aromatic rings. The molecule has 5 heteroatoms. The van der Waals surface area contributed by atoms with Crippen molar-refractivity contribution in [1.82, 2.24) is 9.97 Å². The van der Waals surface area contributed by atoms with E-state index < -0.39 is 5.97 Å². The maximum atomic E-state index is 10.4. The predicted octanol–water partition coefficient (Wildman–Crippen LogP) is 0.729. The predicted molar refractivity (Wildman–Crippen MR) is 49.4 cm³/mol. The molecule has 0 aliphatic rings. The van der Waals surface area contributed by atoms with Crippen LogP contribution in [0.1, 0.15) is 17.1 Å². The maximum absolute atomic E-state index is 10.4. The summed E-state index contributed by atoms with van der Waals surface area (Å²) in [5.74, 6) is -0.235. The molecule has 0 aliphatic carbocycles. The van der Waals surface area contributed by atoms with Crippen LogP contribution in [-0.2, 0) is 11.2 Å². The molecule has 0 unspecified atom stereocenters. The molecule has 0 amide bonds. The SMILES string of the molecule is COc1nc(CC(=O)O)nc(C)c1C. The molecule has 14 heavy (non-hydrogen) atoms. The molecule has 0 aliphatic heterocycles. The summed E-state index contributed by atoms with van der Waals surface area (Å²) < 4.78 is 5.00. The summed E-state index contributed by atoms with van der Waals surface area (Å²) >= 11 is 0. The standard InChI is InChI=1S/C9H12N2O3/c1-5-6(2)10-7(4-8(12)13)11-9(5)14-3/h4H2,1-3H3,(H,12,13). The molecule has 1 heterocycles. The molecule has 0 radical (unpaired) electrons. The molecule has 0 atom stereocenters. The van der Waals surface area contributed by atoms with Gasteiger partial charge in [-0.15, -0.1) is 0 Å². The number of carbonyl (C=O) groups is 1. The van der Waals surface area contributed by atoms with Crippen molar-refractivity contribution in [3.05, 3.63) is 17.1 Å². The van der Waals surface area contributed by atoms with Crippen LogP contribution < -0.4 is 4.74 Å². The van der Waals surface area contributed by atoms with E-state index in [1.165, 1.54) is 7.11 Å². The Morgan fingerprint density at radius 2 is 2.07 bits per heavy atom. The molecule has 0 saturated heterocycles. The minimum absolute atomic E-state index is 0.183. The van der Waals surface area contributed by atoms with Crippen LogP contribution in [0.5, 0.6) is 5.88 Å². The fraction of sp³-hybridized carbons (Fsp3) is 0.444. The van der Waals surface area contributed by atoms with Crippen molar-refractivity contribution < 1.29 is 14.6 Å². The summed E-state index contributed by atoms with van der Waals surface area (Å²) in [5.41, 5.74) is 1.58. The first-order valence-corrected chi connectivity index (χ1v) is 4.14. The van der Waals surface area contributed by atoms with E-state index in [0.717, 1.165) is 11.3 Å². The molecule has 0 fully saturated rings. The zero-order valence-corrected chi connectivity index (χ0v) is 8.37. The molecule has 76 valence electrons. The number of aromatic nitrogens is 2. The summed E-state index contributed by atoms with van der Waals surface area (Å²) in [6.45, 7) is 3.63. The number of hydrogen-bond donors (Lipinski definition) is 1. The first-order valence-electron chi connectivity index (χ1n) is 4.14. The Kier molecular flexibility index (Phi) is 3.01. The monoisotopic (exact) mass is 196 g/mol. The minimum atomic E-state index is -0.949. The van der Waals surface area contributed by atoms with Gasteiger partial charge < -0.3 is 9.84 Å². The van der Waals surface area contributed by atoms with Gasteiger partial charge in [-0.3, -0.25) is 4.79 Å². The van der Waals surface area contributed by atoms with Crippen molar-refractivity contribution in [2.45, 2.75) is 20.3 Å². The van der Waals surface area contributed by atoms with Crippen LogP contribution in [0.15, 0.2) is 0 Å². The maximum Gasteiger partial charge on any atom is 0.311 e. The Hall–Kier alpha value is -1.65. The lowest BCUT2D eigenvalue weighted by atomic mass is 10.2. The summed E-state index contributed by atoms with van der Waals surface area (Å²) in [5, 5.41) is 8.57. The highest BCUT2D eigenvalue weighted by atomic mass is 16.5. The topological polar surface area (TPSA) is 72.3 Å². The number of hydrogen-bond acceptors (Lipinski definition) is 4. The van der Waals surface area contributed by atoms with Crippen molar-refractivity contribution >= 4 is 5.97 Å². The molecular formula is C9H12N2O3.